The molecule has 1 N–H and O–H groups in total. The highest BCUT2D eigenvalue weighted by molar-refractivity contribution is 5.39. The summed E-state index contributed by atoms with van der Waals surface area (Å²) in [4.78, 5) is 2.59. The van der Waals surface area contributed by atoms with E-state index < -0.39 is 0 Å². The molecule has 0 saturated heterocycles. The van der Waals surface area contributed by atoms with Crippen molar-refractivity contribution in [2.45, 2.75) is 45.7 Å². The van der Waals surface area contributed by atoms with Gasteiger partial charge in [0.15, 0.2) is 0 Å². The molecule has 2 rings (SSSR count). The lowest BCUT2D eigenvalue weighted by Gasteiger charge is -2.29. The highest BCUT2D eigenvalue weighted by Crippen LogP contribution is 2.30. The molecule has 1 aromatic carbocycles. The van der Waals surface area contributed by atoms with E-state index in [4.69, 9.17) is 4.74 Å². The van der Waals surface area contributed by atoms with Crippen molar-refractivity contribution in [3.8, 4) is 0 Å². The lowest BCUT2D eigenvalue weighted by molar-refractivity contribution is 0.136. The van der Waals surface area contributed by atoms with Gasteiger partial charge >= 0.3 is 0 Å². The van der Waals surface area contributed by atoms with E-state index in [-0.39, 0.29) is 0 Å². The number of nitrogens with zero attached hydrogens (tertiary/aromatic N) is 1. The molecule has 0 spiro atoms. The molecule has 1 aromatic rings. The molecule has 0 heterocycles. The maximum absolute atomic E-state index is 5.27. The summed E-state index contributed by atoms with van der Waals surface area (Å²) >= 11 is 0. The van der Waals surface area contributed by atoms with Gasteiger partial charge in [-0.25, -0.2) is 0 Å². The Morgan fingerprint density at radius 2 is 1.86 bits per heavy atom. The Hall–Kier alpha value is -0.900. The highest BCUT2D eigenvalue weighted by atomic mass is 16.5. The molecule has 1 fully saturated rings. The van der Waals surface area contributed by atoms with Gasteiger partial charge in [-0.05, 0) is 57.4 Å². The minimum atomic E-state index is 0.392. The molecule has 3 nitrogen and oxygen atoms in total. The zero-order chi connectivity index (χ0) is 15.4. The van der Waals surface area contributed by atoms with Crippen LogP contribution in [-0.4, -0.2) is 44.8 Å². The second-order valence-electron chi connectivity index (χ2n) is 6.37. The number of nitrogens with one attached hydrogen (secondary N) is 1. The van der Waals surface area contributed by atoms with Crippen LogP contribution < -0.4 is 5.32 Å². The largest absolute Gasteiger partial charge is 0.383 e. The van der Waals surface area contributed by atoms with Crippen molar-refractivity contribution in [3.63, 3.8) is 0 Å². The summed E-state index contributed by atoms with van der Waals surface area (Å²) in [6, 6.07) is 5.75. The van der Waals surface area contributed by atoms with Gasteiger partial charge in [0.05, 0.1) is 6.61 Å². The van der Waals surface area contributed by atoms with Gasteiger partial charge in [-0.15, -0.1) is 0 Å². The molecule has 0 aliphatic heterocycles. The molecule has 0 bridgehead atoms. The normalized spacial score (nSPS) is 16.5. The fourth-order valence-corrected chi connectivity index (χ4v) is 3.37. The Bertz CT molecular complexity index is 445. The van der Waals surface area contributed by atoms with Gasteiger partial charge < -0.3 is 10.1 Å². The second kappa shape index (κ2) is 7.39. The molecular weight excluding hydrogens is 260 g/mol. The van der Waals surface area contributed by atoms with E-state index in [2.05, 4.69) is 50.2 Å². The van der Waals surface area contributed by atoms with E-state index in [1.165, 1.54) is 35.1 Å². The maximum atomic E-state index is 5.27. The number of likely N-dealkylation sites (N-methyl/N-ethyl adjacent to an activating group) is 1. The fraction of sp³-hybridized carbons (Fsp3) is 0.667. The van der Waals surface area contributed by atoms with Crippen LogP contribution in [0.2, 0.25) is 0 Å². The molecule has 3 heteroatoms. The minimum Gasteiger partial charge on any atom is -0.383 e. The van der Waals surface area contributed by atoms with Crippen LogP contribution in [0.4, 0.5) is 0 Å². The van der Waals surface area contributed by atoms with Crippen molar-refractivity contribution in [1.29, 1.82) is 0 Å². The van der Waals surface area contributed by atoms with E-state index in [1.54, 1.807) is 7.11 Å². The first-order valence-corrected chi connectivity index (χ1v) is 8.04. The summed E-state index contributed by atoms with van der Waals surface area (Å²) in [6.07, 6.45) is 2.68. The van der Waals surface area contributed by atoms with Crippen molar-refractivity contribution >= 4 is 0 Å². The van der Waals surface area contributed by atoms with Crippen LogP contribution in [0.1, 0.15) is 41.1 Å². The van der Waals surface area contributed by atoms with Crippen LogP contribution in [0.5, 0.6) is 0 Å². The Morgan fingerprint density at radius 3 is 2.33 bits per heavy atom. The molecule has 1 unspecified atom stereocenters. The van der Waals surface area contributed by atoms with Gasteiger partial charge in [-0.2, -0.15) is 0 Å². The number of benzene rings is 1. The van der Waals surface area contributed by atoms with E-state index in [0.29, 0.717) is 6.04 Å². The van der Waals surface area contributed by atoms with Gasteiger partial charge in [0, 0.05) is 32.3 Å². The molecule has 0 aromatic heterocycles. The third kappa shape index (κ3) is 4.29. The maximum Gasteiger partial charge on any atom is 0.0589 e. The van der Waals surface area contributed by atoms with E-state index in [9.17, 15) is 0 Å². The van der Waals surface area contributed by atoms with Gasteiger partial charge in [0.2, 0.25) is 0 Å². The standard InChI is InChI=1S/C18H30N2O/c1-13-10-14(2)18(15(3)11-13)17(19-4)12-20(8-9-21-5)16-6-7-16/h10-11,16-17,19H,6-9,12H2,1-5H3. The molecule has 0 radical (unpaired) electrons. The minimum absolute atomic E-state index is 0.392. The number of ether oxygens (including phenoxy) is 1. The zero-order valence-electron chi connectivity index (χ0n) is 14.2. The number of methoxy groups -OCH3 is 1. The fourth-order valence-electron chi connectivity index (χ4n) is 3.37. The topological polar surface area (TPSA) is 24.5 Å². The number of aryl methyl sites for hydroxylation is 3. The van der Waals surface area contributed by atoms with Crippen molar-refractivity contribution in [2.24, 2.45) is 0 Å². The van der Waals surface area contributed by atoms with Crippen LogP contribution in [0.25, 0.3) is 0 Å². The van der Waals surface area contributed by atoms with Crippen molar-refractivity contribution in [3.05, 3.63) is 34.4 Å². The van der Waals surface area contributed by atoms with Crippen molar-refractivity contribution in [1.82, 2.24) is 10.2 Å². The predicted molar refractivity (Wildman–Crippen MR) is 88.9 cm³/mol. The smallest absolute Gasteiger partial charge is 0.0589 e. The van der Waals surface area contributed by atoms with E-state index >= 15 is 0 Å². The highest BCUT2D eigenvalue weighted by Gasteiger charge is 2.30. The third-order valence-electron chi connectivity index (χ3n) is 4.50. The predicted octanol–water partition coefficient (Wildman–Crippen LogP) is 2.98. The quantitative estimate of drug-likeness (QED) is 0.796. The molecule has 21 heavy (non-hydrogen) atoms. The number of hydrogen-bond donors (Lipinski definition) is 1. The first kappa shape index (κ1) is 16.5. The second-order valence-corrected chi connectivity index (χ2v) is 6.37. The lowest BCUT2D eigenvalue weighted by atomic mass is 9.93. The molecule has 1 atom stereocenters. The van der Waals surface area contributed by atoms with Gasteiger partial charge in [-0.3, -0.25) is 4.90 Å². The summed E-state index contributed by atoms with van der Waals surface area (Å²) in [7, 11) is 3.86. The molecule has 0 amide bonds. The molecule has 1 aliphatic carbocycles. The first-order chi connectivity index (χ1) is 10.1. The average molecular weight is 290 g/mol. The monoisotopic (exact) mass is 290 g/mol. The van der Waals surface area contributed by atoms with E-state index in [1.807, 2.05) is 0 Å². The Morgan fingerprint density at radius 1 is 1.24 bits per heavy atom. The van der Waals surface area contributed by atoms with Crippen LogP contribution in [0.15, 0.2) is 12.1 Å². The molecule has 1 saturated carbocycles. The van der Waals surface area contributed by atoms with E-state index in [0.717, 1.165) is 25.7 Å². The van der Waals surface area contributed by atoms with Crippen LogP contribution >= 0.6 is 0 Å². The van der Waals surface area contributed by atoms with Gasteiger partial charge in [0.1, 0.15) is 0 Å². The summed E-state index contributed by atoms with van der Waals surface area (Å²) in [6.45, 7) is 9.55. The SMILES string of the molecule is CNC(CN(CCOC)C1CC1)c1c(C)cc(C)cc1C. The average Bonchev–Trinajstić information content (AvgIpc) is 3.24. The lowest BCUT2D eigenvalue weighted by Crippen LogP contribution is -2.38. The van der Waals surface area contributed by atoms with Crippen LogP contribution in [0, 0.1) is 20.8 Å². The Kier molecular flexibility index (Phi) is 5.80. The number of hydrogen-bond acceptors (Lipinski definition) is 3. The molecule has 1 aliphatic rings. The molecule has 118 valence electrons. The van der Waals surface area contributed by atoms with Crippen LogP contribution in [-0.2, 0) is 4.74 Å². The number of rotatable bonds is 8. The summed E-state index contributed by atoms with van der Waals surface area (Å²) in [5, 5.41) is 3.53. The first-order valence-electron chi connectivity index (χ1n) is 8.04. The molecular formula is C18H30N2O. The summed E-state index contributed by atoms with van der Waals surface area (Å²) in [5.41, 5.74) is 5.61. The third-order valence-corrected chi connectivity index (χ3v) is 4.50. The Balaban J connectivity index is 2.15. The van der Waals surface area contributed by atoms with Crippen LogP contribution in [0.3, 0.4) is 0 Å². The van der Waals surface area contributed by atoms with Crippen molar-refractivity contribution in [2.75, 3.05) is 33.9 Å². The Labute approximate surface area is 129 Å². The summed E-state index contributed by atoms with van der Waals surface area (Å²) in [5.74, 6) is 0. The van der Waals surface area contributed by atoms with Gasteiger partial charge in [-0.1, -0.05) is 17.7 Å². The zero-order valence-corrected chi connectivity index (χ0v) is 14.2. The van der Waals surface area contributed by atoms with Gasteiger partial charge in [0.25, 0.3) is 0 Å². The summed E-state index contributed by atoms with van der Waals surface area (Å²) < 4.78 is 5.27. The van der Waals surface area contributed by atoms with Crippen molar-refractivity contribution < 1.29 is 4.74 Å².